The Morgan fingerprint density at radius 3 is 3.11 bits per heavy atom. The first-order chi connectivity index (χ1) is 8.72. The van der Waals surface area contributed by atoms with Gasteiger partial charge in [0, 0.05) is 26.7 Å². The van der Waals surface area contributed by atoms with E-state index >= 15 is 0 Å². The average molecular weight is 253 g/mol. The van der Waals surface area contributed by atoms with Crippen LogP contribution in [-0.4, -0.2) is 49.1 Å². The molecule has 2 rings (SSSR count). The summed E-state index contributed by atoms with van der Waals surface area (Å²) in [5, 5.41) is 2.80. The van der Waals surface area contributed by atoms with E-state index in [0.29, 0.717) is 32.1 Å². The molecule has 1 aliphatic rings. The van der Waals surface area contributed by atoms with Crippen LogP contribution in [0.25, 0.3) is 0 Å². The number of anilines is 1. The van der Waals surface area contributed by atoms with Gasteiger partial charge in [0.1, 0.15) is 11.6 Å². The molecule has 0 unspecified atom stereocenters. The van der Waals surface area contributed by atoms with E-state index in [9.17, 15) is 9.18 Å². The summed E-state index contributed by atoms with van der Waals surface area (Å²) in [6.45, 7) is 2.32. The molecule has 2 heterocycles. The van der Waals surface area contributed by atoms with Crippen LogP contribution in [0.4, 0.5) is 10.2 Å². The van der Waals surface area contributed by atoms with E-state index in [1.54, 1.807) is 11.9 Å². The van der Waals surface area contributed by atoms with Crippen LogP contribution >= 0.6 is 0 Å². The molecule has 18 heavy (non-hydrogen) atoms. The van der Waals surface area contributed by atoms with Crippen molar-refractivity contribution in [2.24, 2.45) is 0 Å². The van der Waals surface area contributed by atoms with Gasteiger partial charge in [-0.25, -0.2) is 9.37 Å². The van der Waals surface area contributed by atoms with E-state index < -0.39 is 5.82 Å². The maximum absolute atomic E-state index is 13.2. The number of nitrogens with zero attached hydrogens (tertiary/aromatic N) is 2. The molecule has 1 aromatic rings. The van der Waals surface area contributed by atoms with Gasteiger partial charge >= 0.3 is 0 Å². The minimum Gasteiger partial charge on any atom is -0.380 e. The third kappa shape index (κ3) is 2.76. The molecule has 98 valence electrons. The molecular weight excluding hydrogens is 237 g/mol. The summed E-state index contributed by atoms with van der Waals surface area (Å²) in [6, 6.07) is 1.22. The third-order valence-electron chi connectivity index (χ3n) is 2.83. The Morgan fingerprint density at radius 1 is 1.50 bits per heavy atom. The van der Waals surface area contributed by atoms with Crippen molar-refractivity contribution in [1.29, 1.82) is 0 Å². The maximum Gasteiger partial charge on any atom is 0.257 e. The molecule has 0 spiro atoms. The molecule has 1 aromatic heterocycles. The number of aromatic nitrogens is 1. The molecular formula is C12H16FN3O2. The van der Waals surface area contributed by atoms with Gasteiger partial charge in [-0.1, -0.05) is 0 Å². The fraction of sp³-hybridized carbons (Fsp3) is 0.500. The number of rotatable bonds is 2. The van der Waals surface area contributed by atoms with Crippen LogP contribution < -0.4 is 5.32 Å². The quantitative estimate of drug-likeness (QED) is 0.858. The number of pyridine rings is 1. The maximum atomic E-state index is 13.2. The Hall–Kier alpha value is -1.69. The Morgan fingerprint density at radius 2 is 2.33 bits per heavy atom. The fourth-order valence-electron chi connectivity index (χ4n) is 1.92. The molecule has 0 radical (unpaired) electrons. The van der Waals surface area contributed by atoms with Gasteiger partial charge in [0.25, 0.3) is 5.91 Å². The monoisotopic (exact) mass is 253 g/mol. The van der Waals surface area contributed by atoms with E-state index in [2.05, 4.69) is 10.3 Å². The van der Waals surface area contributed by atoms with Crippen molar-refractivity contribution < 1.29 is 13.9 Å². The standard InChI is InChI=1S/C12H16FN3O2/c1-14-11-10(7-9(13)8-15-11)12(17)16-3-2-5-18-6-4-16/h7-8H,2-6H2,1H3,(H,14,15). The zero-order valence-electron chi connectivity index (χ0n) is 10.3. The van der Waals surface area contributed by atoms with E-state index in [-0.39, 0.29) is 11.5 Å². The number of amides is 1. The van der Waals surface area contributed by atoms with Crippen molar-refractivity contribution in [3.63, 3.8) is 0 Å². The highest BCUT2D eigenvalue weighted by Gasteiger charge is 2.21. The van der Waals surface area contributed by atoms with Gasteiger partial charge in [-0.15, -0.1) is 0 Å². The third-order valence-corrected chi connectivity index (χ3v) is 2.83. The Labute approximate surface area is 105 Å². The molecule has 0 bridgehead atoms. The SMILES string of the molecule is CNc1ncc(F)cc1C(=O)N1CCCOCC1. The van der Waals surface area contributed by atoms with Crippen LogP contribution in [0.15, 0.2) is 12.3 Å². The van der Waals surface area contributed by atoms with E-state index in [1.165, 1.54) is 6.07 Å². The lowest BCUT2D eigenvalue weighted by atomic mass is 10.2. The Bertz CT molecular complexity index is 431. The van der Waals surface area contributed by atoms with Gasteiger partial charge in [-0.05, 0) is 12.5 Å². The van der Waals surface area contributed by atoms with Crippen molar-refractivity contribution in [2.45, 2.75) is 6.42 Å². The second kappa shape index (κ2) is 5.77. The highest BCUT2D eigenvalue weighted by atomic mass is 19.1. The molecule has 0 saturated carbocycles. The molecule has 1 aliphatic heterocycles. The largest absolute Gasteiger partial charge is 0.380 e. The lowest BCUT2D eigenvalue weighted by Crippen LogP contribution is -2.33. The van der Waals surface area contributed by atoms with Crippen molar-refractivity contribution in [3.05, 3.63) is 23.6 Å². The van der Waals surface area contributed by atoms with Crippen molar-refractivity contribution in [1.82, 2.24) is 9.88 Å². The van der Waals surface area contributed by atoms with Crippen molar-refractivity contribution >= 4 is 11.7 Å². The van der Waals surface area contributed by atoms with Gasteiger partial charge < -0.3 is 15.0 Å². The van der Waals surface area contributed by atoms with Crippen molar-refractivity contribution in [3.8, 4) is 0 Å². The molecule has 1 fully saturated rings. The second-order valence-electron chi connectivity index (χ2n) is 4.06. The van der Waals surface area contributed by atoms with Crippen LogP contribution in [0.2, 0.25) is 0 Å². The van der Waals surface area contributed by atoms with E-state index in [0.717, 1.165) is 12.6 Å². The molecule has 1 saturated heterocycles. The summed E-state index contributed by atoms with van der Waals surface area (Å²) >= 11 is 0. The van der Waals surface area contributed by atoms with Gasteiger partial charge in [0.15, 0.2) is 0 Å². The number of hydrogen-bond acceptors (Lipinski definition) is 4. The normalized spacial score (nSPS) is 16.2. The Balaban J connectivity index is 2.23. The van der Waals surface area contributed by atoms with Crippen LogP contribution in [0.3, 0.4) is 0 Å². The summed E-state index contributed by atoms with van der Waals surface area (Å²) in [6.07, 6.45) is 1.89. The first-order valence-corrected chi connectivity index (χ1v) is 5.92. The van der Waals surface area contributed by atoms with Crippen LogP contribution in [-0.2, 0) is 4.74 Å². The molecule has 1 N–H and O–H groups in total. The molecule has 0 aliphatic carbocycles. The fourth-order valence-corrected chi connectivity index (χ4v) is 1.92. The van der Waals surface area contributed by atoms with Gasteiger partial charge in [-0.3, -0.25) is 4.79 Å². The van der Waals surface area contributed by atoms with E-state index in [1.807, 2.05) is 0 Å². The number of hydrogen-bond donors (Lipinski definition) is 1. The lowest BCUT2D eigenvalue weighted by molar-refractivity contribution is 0.0741. The number of nitrogens with one attached hydrogen (secondary N) is 1. The van der Waals surface area contributed by atoms with Crippen molar-refractivity contribution in [2.75, 3.05) is 38.7 Å². The smallest absolute Gasteiger partial charge is 0.257 e. The highest BCUT2D eigenvalue weighted by molar-refractivity contribution is 5.98. The molecule has 6 heteroatoms. The number of ether oxygens (including phenoxy) is 1. The molecule has 0 aromatic carbocycles. The zero-order chi connectivity index (χ0) is 13.0. The lowest BCUT2D eigenvalue weighted by Gasteiger charge is -2.20. The van der Waals surface area contributed by atoms with Crippen LogP contribution in [0.5, 0.6) is 0 Å². The molecule has 5 nitrogen and oxygen atoms in total. The summed E-state index contributed by atoms with van der Waals surface area (Å²) in [5.41, 5.74) is 0.263. The Kier molecular flexibility index (Phi) is 4.09. The van der Waals surface area contributed by atoms with Gasteiger partial charge in [0.2, 0.25) is 0 Å². The van der Waals surface area contributed by atoms with Gasteiger partial charge in [-0.2, -0.15) is 0 Å². The first kappa shape index (κ1) is 12.8. The average Bonchev–Trinajstić information content (AvgIpc) is 2.66. The zero-order valence-corrected chi connectivity index (χ0v) is 10.3. The summed E-state index contributed by atoms with van der Waals surface area (Å²) in [4.78, 5) is 17.9. The predicted octanol–water partition coefficient (Wildman–Crippen LogP) is 1.12. The topological polar surface area (TPSA) is 54.5 Å². The minimum atomic E-state index is -0.511. The van der Waals surface area contributed by atoms with E-state index in [4.69, 9.17) is 4.74 Å². The minimum absolute atomic E-state index is 0.211. The molecule has 0 atom stereocenters. The number of carbonyl (C=O) groups excluding carboxylic acids is 1. The van der Waals surface area contributed by atoms with Crippen LogP contribution in [0, 0.1) is 5.82 Å². The van der Waals surface area contributed by atoms with Gasteiger partial charge in [0.05, 0.1) is 18.4 Å². The number of carbonyl (C=O) groups is 1. The summed E-state index contributed by atoms with van der Waals surface area (Å²) < 4.78 is 18.5. The van der Waals surface area contributed by atoms with Crippen LogP contribution in [0.1, 0.15) is 16.8 Å². The molecule has 1 amide bonds. The summed E-state index contributed by atoms with van der Waals surface area (Å²) in [5.74, 6) is -0.327. The highest BCUT2D eigenvalue weighted by Crippen LogP contribution is 2.16. The number of halogens is 1. The second-order valence-corrected chi connectivity index (χ2v) is 4.06. The first-order valence-electron chi connectivity index (χ1n) is 5.92. The summed E-state index contributed by atoms with van der Waals surface area (Å²) in [7, 11) is 1.66. The predicted molar refractivity (Wildman–Crippen MR) is 65.1 cm³/mol.